The summed E-state index contributed by atoms with van der Waals surface area (Å²) in [5, 5.41) is 6.96. The van der Waals surface area contributed by atoms with Crippen molar-refractivity contribution in [2.24, 2.45) is 5.16 Å². The normalized spacial score (nSPS) is 13.1. The van der Waals surface area contributed by atoms with Crippen molar-refractivity contribution in [3.8, 4) is 5.75 Å². The van der Waals surface area contributed by atoms with E-state index in [4.69, 9.17) is 16.3 Å². The lowest BCUT2D eigenvalue weighted by atomic mass is 10.2. The van der Waals surface area contributed by atoms with E-state index in [2.05, 4.69) is 20.3 Å². The van der Waals surface area contributed by atoms with Crippen LogP contribution in [0.1, 0.15) is 25.8 Å². The van der Waals surface area contributed by atoms with Gasteiger partial charge in [0.05, 0.1) is 31.3 Å². The number of nitrogens with zero attached hydrogens (tertiary/aromatic N) is 4. The summed E-state index contributed by atoms with van der Waals surface area (Å²) in [6.07, 6.45) is -0.347. The first-order valence-electron chi connectivity index (χ1n) is 10.6. The average Bonchev–Trinajstić information content (AvgIpc) is 3.21. The molecular formula is C23H21ClFN5O5. The Morgan fingerprint density at radius 1 is 1.11 bits per heavy atom. The highest BCUT2D eigenvalue weighted by Crippen LogP contribution is 2.24. The van der Waals surface area contributed by atoms with E-state index in [1.54, 1.807) is 44.2 Å². The van der Waals surface area contributed by atoms with Gasteiger partial charge < -0.3 is 14.9 Å². The van der Waals surface area contributed by atoms with Crippen LogP contribution in [0.3, 0.4) is 0 Å². The number of hydrogen-bond acceptors (Lipinski definition) is 8. The molecular weight excluding hydrogens is 481 g/mol. The summed E-state index contributed by atoms with van der Waals surface area (Å²) in [4.78, 5) is 45.9. The summed E-state index contributed by atoms with van der Waals surface area (Å²) in [7, 11) is 0. The lowest BCUT2D eigenvalue weighted by Gasteiger charge is -2.16. The zero-order valence-corrected chi connectivity index (χ0v) is 19.6. The van der Waals surface area contributed by atoms with Gasteiger partial charge in [0.15, 0.2) is 11.6 Å². The molecule has 1 N–H and O–H groups in total. The van der Waals surface area contributed by atoms with Crippen LogP contribution in [-0.2, 0) is 22.7 Å². The number of halogens is 2. The van der Waals surface area contributed by atoms with Gasteiger partial charge in [-0.05, 0) is 43.7 Å². The van der Waals surface area contributed by atoms with Gasteiger partial charge in [0.2, 0.25) is 5.95 Å². The molecule has 1 aromatic heterocycles. The number of aromatic nitrogens is 3. The number of benzene rings is 2. The summed E-state index contributed by atoms with van der Waals surface area (Å²) in [5.74, 6) is -1.22. The van der Waals surface area contributed by atoms with Gasteiger partial charge in [0.1, 0.15) is 0 Å². The van der Waals surface area contributed by atoms with Crippen LogP contribution in [0.5, 0.6) is 5.75 Å². The second-order valence-corrected chi connectivity index (χ2v) is 8.47. The monoisotopic (exact) mass is 501 g/mol. The van der Waals surface area contributed by atoms with Gasteiger partial charge in [0.25, 0.3) is 0 Å². The fraction of sp³-hybridized carbons (Fsp3) is 0.261. The van der Waals surface area contributed by atoms with E-state index in [1.807, 2.05) is 0 Å². The number of nitrogens with one attached hydrogen (secondary N) is 1. The molecule has 0 amide bonds. The maximum Gasteiger partial charge on any atom is 0.355 e. The Labute approximate surface area is 203 Å². The van der Waals surface area contributed by atoms with Crippen molar-refractivity contribution in [2.75, 3.05) is 5.32 Å². The molecule has 0 saturated heterocycles. The minimum absolute atomic E-state index is 0.0323. The van der Waals surface area contributed by atoms with Crippen molar-refractivity contribution in [1.29, 1.82) is 0 Å². The third-order valence-corrected chi connectivity index (χ3v) is 5.17. The Bertz CT molecular complexity index is 1420. The molecule has 4 rings (SSSR count). The molecule has 12 heteroatoms. The van der Waals surface area contributed by atoms with Crippen molar-refractivity contribution in [2.45, 2.75) is 39.5 Å². The molecule has 0 aliphatic carbocycles. The van der Waals surface area contributed by atoms with Crippen LogP contribution in [0, 0.1) is 5.82 Å². The summed E-state index contributed by atoms with van der Waals surface area (Å²) < 4.78 is 22.0. The third-order valence-electron chi connectivity index (χ3n) is 4.92. The first-order valence-corrected chi connectivity index (χ1v) is 11.0. The first kappa shape index (κ1) is 24.1. The number of anilines is 2. The van der Waals surface area contributed by atoms with E-state index in [9.17, 15) is 18.8 Å². The molecule has 10 nitrogen and oxygen atoms in total. The van der Waals surface area contributed by atoms with E-state index >= 15 is 0 Å². The Balaban J connectivity index is 1.73. The van der Waals surface area contributed by atoms with E-state index in [0.29, 0.717) is 10.6 Å². The SMILES string of the molecule is CC(C)Oc1ccc(Nc2nc(=O)n(CC3=NOC(=O)C3)c(=O)n2Cc2ccc(Cl)cc2)cc1F. The Morgan fingerprint density at radius 3 is 2.49 bits per heavy atom. The minimum atomic E-state index is -0.868. The van der Waals surface area contributed by atoms with E-state index in [0.717, 1.165) is 4.57 Å². The van der Waals surface area contributed by atoms with Gasteiger partial charge in [-0.15, -0.1) is 0 Å². The number of oxime groups is 1. The molecule has 2 heterocycles. The minimum Gasteiger partial charge on any atom is -0.488 e. The van der Waals surface area contributed by atoms with Crippen LogP contribution < -0.4 is 21.4 Å². The highest BCUT2D eigenvalue weighted by Gasteiger charge is 2.21. The maximum atomic E-state index is 14.5. The highest BCUT2D eigenvalue weighted by atomic mass is 35.5. The highest BCUT2D eigenvalue weighted by molar-refractivity contribution is 6.30. The molecule has 0 saturated carbocycles. The summed E-state index contributed by atoms with van der Waals surface area (Å²) >= 11 is 5.96. The fourth-order valence-corrected chi connectivity index (χ4v) is 3.47. The molecule has 3 aromatic rings. The maximum absolute atomic E-state index is 14.5. The van der Waals surface area contributed by atoms with Crippen LogP contribution in [0.25, 0.3) is 0 Å². The van der Waals surface area contributed by atoms with Gasteiger partial charge in [-0.1, -0.05) is 28.9 Å². The van der Waals surface area contributed by atoms with Crippen molar-refractivity contribution in [1.82, 2.24) is 14.1 Å². The van der Waals surface area contributed by atoms with E-state index in [-0.39, 0.29) is 48.7 Å². The van der Waals surface area contributed by atoms with Crippen molar-refractivity contribution >= 4 is 34.9 Å². The number of hydrogen-bond donors (Lipinski definition) is 1. The van der Waals surface area contributed by atoms with E-state index < -0.39 is 23.2 Å². The molecule has 2 aromatic carbocycles. The van der Waals surface area contributed by atoms with Gasteiger partial charge in [-0.2, -0.15) is 4.98 Å². The van der Waals surface area contributed by atoms with Crippen molar-refractivity contribution < 1.29 is 18.8 Å². The average molecular weight is 502 g/mol. The molecule has 1 aliphatic rings. The van der Waals surface area contributed by atoms with Crippen LogP contribution in [0.4, 0.5) is 16.0 Å². The van der Waals surface area contributed by atoms with Crippen LogP contribution >= 0.6 is 11.6 Å². The lowest BCUT2D eigenvalue weighted by Crippen LogP contribution is -2.44. The third kappa shape index (κ3) is 5.75. The Kier molecular flexibility index (Phi) is 6.97. The predicted molar refractivity (Wildman–Crippen MR) is 127 cm³/mol. The number of rotatable bonds is 8. The first-order chi connectivity index (χ1) is 16.7. The van der Waals surface area contributed by atoms with Crippen LogP contribution in [0.15, 0.2) is 57.2 Å². The quantitative estimate of drug-likeness (QED) is 0.471. The molecule has 0 atom stereocenters. The van der Waals surface area contributed by atoms with Crippen LogP contribution in [0.2, 0.25) is 5.02 Å². The fourth-order valence-electron chi connectivity index (χ4n) is 3.35. The molecule has 182 valence electrons. The second-order valence-electron chi connectivity index (χ2n) is 8.03. The molecule has 1 aliphatic heterocycles. The van der Waals surface area contributed by atoms with Crippen molar-refractivity contribution in [3.05, 3.63) is 79.8 Å². The molecule has 0 bridgehead atoms. The largest absolute Gasteiger partial charge is 0.488 e. The van der Waals surface area contributed by atoms with Gasteiger partial charge in [-0.3, -0.25) is 4.57 Å². The molecule has 0 unspecified atom stereocenters. The summed E-state index contributed by atoms with van der Waals surface area (Å²) in [6, 6.07) is 10.9. The van der Waals surface area contributed by atoms with Crippen molar-refractivity contribution in [3.63, 3.8) is 0 Å². The number of carbonyl (C=O) groups is 1. The number of ether oxygens (including phenoxy) is 1. The lowest BCUT2D eigenvalue weighted by molar-refractivity contribution is -0.140. The molecule has 0 fully saturated rings. The summed E-state index contributed by atoms with van der Waals surface area (Å²) in [6.45, 7) is 3.33. The Hall–Kier alpha value is -3.99. The van der Waals surface area contributed by atoms with Crippen LogP contribution in [-0.4, -0.2) is 31.9 Å². The Morgan fingerprint density at radius 2 is 1.86 bits per heavy atom. The number of carbonyl (C=O) groups excluding carboxylic acids is 1. The van der Waals surface area contributed by atoms with E-state index in [1.165, 1.54) is 16.7 Å². The molecule has 0 spiro atoms. The zero-order valence-electron chi connectivity index (χ0n) is 18.8. The molecule has 0 radical (unpaired) electrons. The molecule has 35 heavy (non-hydrogen) atoms. The van der Waals surface area contributed by atoms with Gasteiger partial charge in [-0.25, -0.2) is 23.3 Å². The smallest absolute Gasteiger partial charge is 0.355 e. The standard InChI is InChI=1S/C23H21ClFN5O5/c1-13(2)34-19-8-7-16(9-18(19)25)26-21-27-22(32)30(12-17-10-20(31)35-28-17)23(33)29(21)11-14-3-5-15(24)6-4-14/h3-9,13H,10-12H2,1-2H3,(H,26,27,32). The van der Waals surface area contributed by atoms with Gasteiger partial charge >= 0.3 is 17.3 Å². The second kappa shape index (κ2) is 10.1. The summed E-state index contributed by atoms with van der Waals surface area (Å²) in [5.41, 5.74) is -0.392. The zero-order chi connectivity index (χ0) is 25.1. The van der Waals surface area contributed by atoms with Gasteiger partial charge in [0, 0.05) is 16.8 Å². The topological polar surface area (TPSA) is 117 Å². The predicted octanol–water partition coefficient (Wildman–Crippen LogP) is 3.08.